The highest BCUT2D eigenvalue weighted by Gasteiger charge is 2.19. The van der Waals surface area contributed by atoms with Gasteiger partial charge in [0, 0.05) is 6.42 Å². The Bertz CT molecular complexity index is 296. The molecular formula is C8H13ClN4. The lowest BCUT2D eigenvalue weighted by molar-refractivity contribution is 0.484. The van der Waals surface area contributed by atoms with E-state index in [9.17, 15) is 0 Å². The first-order valence-corrected chi connectivity index (χ1v) is 4.94. The molecule has 1 aromatic rings. The van der Waals surface area contributed by atoms with Gasteiger partial charge in [0.1, 0.15) is 5.82 Å². The number of aromatic nitrogens is 3. The lowest BCUT2D eigenvalue weighted by Crippen LogP contribution is -2.21. The summed E-state index contributed by atoms with van der Waals surface area (Å²) in [4.78, 5) is 4.41. The second-order valence-electron chi connectivity index (χ2n) is 3.29. The number of rotatable bonds is 2. The summed E-state index contributed by atoms with van der Waals surface area (Å²) < 4.78 is 1.92. The fourth-order valence-corrected chi connectivity index (χ4v) is 1.79. The highest BCUT2D eigenvalue weighted by atomic mass is 35.5. The second kappa shape index (κ2) is 3.64. The Labute approximate surface area is 82.3 Å². The van der Waals surface area contributed by atoms with Crippen LogP contribution in [0.1, 0.15) is 18.1 Å². The van der Waals surface area contributed by atoms with E-state index in [1.807, 2.05) is 11.7 Å². The number of alkyl halides is 1. The van der Waals surface area contributed by atoms with Crippen LogP contribution in [0.3, 0.4) is 0 Å². The van der Waals surface area contributed by atoms with Crippen molar-refractivity contribution in [2.45, 2.75) is 31.3 Å². The maximum atomic E-state index is 6.03. The molecule has 2 rings (SSSR count). The first-order valence-electron chi connectivity index (χ1n) is 4.51. The van der Waals surface area contributed by atoms with Gasteiger partial charge in [-0.15, -0.1) is 11.6 Å². The normalized spacial score (nSPS) is 21.5. The van der Waals surface area contributed by atoms with Gasteiger partial charge in [-0.1, -0.05) is 0 Å². The number of fused-ring (bicyclic) bond motifs is 1. The van der Waals surface area contributed by atoms with E-state index in [1.165, 1.54) is 0 Å². The lowest BCUT2D eigenvalue weighted by atomic mass is 10.2. The molecule has 13 heavy (non-hydrogen) atoms. The number of hydrogen-bond donors (Lipinski definition) is 1. The largest absolute Gasteiger partial charge is 0.313 e. The predicted octanol–water partition coefficient (Wildman–Crippen LogP) is 0.551. The van der Waals surface area contributed by atoms with Gasteiger partial charge in [-0.25, -0.2) is 9.67 Å². The van der Waals surface area contributed by atoms with Crippen molar-refractivity contribution in [2.75, 3.05) is 7.05 Å². The average Bonchev–Trinajstić information content (AvgIpc) is 2.46. The molecule has 0 bridgehead atoms. The summed E-state index contributed by atoms with van der Waals surface area (Å²) in [5.74, 6) is 1.94. The van der Waals surface area contributed by atoms with Crippen molar-refractivity contribution in [3.8, 4) is 0 Å². The molecule has 4 nitrogen and oxygen atoms in total. The number of nitrogens with one attached hydrogen (secondary N) is 1. The summed E-state index contributed by atoms with van der Waals surface area (Å²) in [6, 6.07) is 0. The summed E-state index contributed by atoms with van der Waals surface area (Å²) in [5, 5.41) is 7.60. The molecule has 1 aliphatic heterocycles. The smallest absolute Gasteiger partial charge is 0.164 e. The molecule has 0 aliphatic carbocycles. The molecule has 0 spiro atoms. The molecule has 5 heteroatoms. The Morgan fingerprint density at radius 1 is 1.69 bits per heavy atom. The summed E-state index contributed by atoms with van der Waals surface area (Å²) in [5.41, 5.74) is 0. The van der Waals surface area contributed by atoms with E-state index in [1.54, 1.807) is 0 Å². The zero-order chi connectivity index (χ0) is 9.26. The van der Waals surface area contributed by atoms with Gasteiger partial charge < -0.3 is 5.32 Å². The van der Waals surface area contributed by atoms with Crippen molar-refractivity contribution in [1.82, 2.24) is 20.1 Å². The standard InChI is InChI=1S/C8H13ClN4/c1-10-4-7-11-8-3-2-6(9)5-13(8)12-7/h6,10H,2-5H2,1H3. The van der Waals surface area contributed by atoms with E-state index in [0.717, 1.165) is 37.6 Å². The molecule has 1 aromatic heterocycles. The molecule has 0 radical (unpaired) electrons. The Morgan fingerprint density at radius 2 is 2.54 bits per heavy atom. The van der Waals surface area contributed by atoms with Crippen LogP contribution >= 0.6 is 11.6 Å². The van der Waals surface area contributed by atoms with E-state index in [2.05, 4.69) is 15.4 Å². The van der Waals surface area contributed by atoms with Gasteiger partial charge in [0.15, 0.2) is 5.82 Å². The van der Waals surface area contributed by atoms with Crippen LogP contribution in [0.25, 0.3) is 0 Å². The van der Waals surface area contributed by atoms with E-state index in [0.29, 0.717) is 0 Å². The molecule has 0 saturated heterocycles. The zero-order valence-corrected chi connectivity index (χ0v) is 8.38. The first-order chi connectivity index (χ1) is 6.29. The van der Waals surface area contributed by atoms with E-state index in [4.69, 9.17) is 11.6 Å². The second-order valence-corrected chi connectivity index (χ2v) is 3.91. The third-order valence-electron chi connectivity index (χ3n) is 2.18. The van der Waals surface area contributed by atoms with Crippen molar-refractivity contribution < 1.29 is 0 Å². The van der Waals surface area contributed by atoms with Gasteiger partial charge in [-0.3, -0.25) is 0 Å². The molecule has 72 valence electrons. The van der Waals surface area contributed by atoms with Crippen molar-refractivity contribution in [3.05, 3.63) is 11.6 Å². The summed E-state index contributed by atoms with van der Waals surface area (Å²) in [6.45, 7) is 1.53. The predicted molar refractivity (Wildman–Crippen MR) is 50.7 cm³/mol. The third kappa shape index (κ3) is 1.84. The van der Waals surface area contributed by atoms with Gasteiger partial charge in [0.05, 0.1) is 18.5 Å². The van der Waals surface area contributed by atoms with Gasteiger partial charge in [0.2, 0.25) is 0 Å². The Kier molecular flexibility index (Phi) is 2.51. The molecule has 0 saturated carbocycles. The molecule has 2 heterocycles. The van der Waals surface area contributed by atoms with Gasteiger partial charge >= 0.3 is 0 Å². The van der Waals surface area contributed by atoms with E-state index >= 15 is 0 Å². The van der Waals surface area contributed by atoms with Gasteiger partial charge in [-0.05, 0) is 13.5 Å². The SMILES string of the molecule is CNCc1nc2n(n1)CC(Cl)CC2. The highest BCUT2D eigenvalue weighted by Crippen LogP contribution is 2.16. The minimum atomic E-state index is 0.219. The molecule has 1 N–H and O–H groups in total. The van der Waals surface area contributed by atoms with Crippen LogP contribution in [0, 0.1) is 0 Å². The van der Waals surface area contributed by atoms with Crippen LogP contribution < -0.4 is 5.32 Å². The summed E-state index contributed by atoms with van der Waals surface area (Å²) in [6.07, 6.45) is 1.96. The molecule has 0 fully saturated rings. The summed E-state index contributed by atoms with van der Waals surface area (Å²) in [7, 11) is 1.89. The van der Waals surface area contributed by atoms with Crippen LogP contribution in [0.5, 0.6) is 0 Å². The van der Waals surface area contributed by atoms with Crippen molar-refractivity contribution in [2.24, 2.45) is 0 Å². The van der Waals surface area contributed by atoms with Gasteiger partial charge in [-0.2, -0.15) is 5.10 Å². The maximum absolute atomic E-state index is 6.03. The quantitative estimate of drug-likeness (QED) is 0.710. The lowest BCUT2D eigenvalue weighted by Gasteiger charge is -2.16. The van der Waals surface area contributed by atoms with E-state index < -0.39 is 0 Å². The number of nitrogens with zero attached hydrogens (tertiary/aromatic N) is 3. The number of hydrogen-bond acceptors (Lipinski definition) is 3. The highest BCUT2D eigenvalue weighted by molar-refractivity contribution is 6.20. The maximum Gasteiger partial charge on any atom is 0.164 e. The molecule has 1 atom stereocenters. The minimum absolute atomic E-state index is 0.219. The Balaban J connectivity index is 2.18. The monoisotopic (exact) mass is 200 g/mol. The van der Waals surface area contributed by atoms with Crippen LogP contribution in [0.15, 0.2) is 0 Å². The van der Waals surface area contributed by atoms with E-state index in [-0.39, 0.29) is 5.38 Å². The Hall–Kier alpha value is -0.610. The number of halogens is 1. The minimum Gasteiger partial charge on any atom is -0.313 e. The van der Waals surface area contributed by atoms with Crippen LogP contribution in [0.2, 0.25) is 0 Å². The molecule has 1 aliphatic rings. The van der Waals surface area contributed by atoms with Crippen LogP contribution in [-0.4, -0.2) is 27.2 Å². The third-order valence-corrected chi connectivity index (χ3v) is 2.54. The topological polar surface area (TPSA) is 42.7 Å². The summed E-state index contributed by atoms with van der Waals surface area (Å²) >= 11 is 6.03. The van der Waals surface area contributed by atoms with Gasteiger partial charge in [0.25, 0.3) is 0 Å². The Morgan fingerprint density at radius 3 is 3.31 bits per heavy atom. The molecular weight excluding hydrogens is 188 g/mol. The van der Waals surface area contributed by atoms with Crippen LogP contribution in [-0.2, 0) is 19.5 Å². The van der Waals surface area contributed by atoms with Crippen molar-refractivity contribution >= 4 is 11.6 Å². The van der Waals surface area contributed by atoms with Crippen molar-refractivity contribution in [3.63, 3.8) is 0 Å². The fraction of sp³-hybridized carbons (Fsp3) is 0.750. The average molecular weight is 201 g/mol. The fourth-order valence-electron chi connectivity index (χ4n) is 1.55. The molecule has 0 aromatic carbocycles. The molecule has 0 amide bonds. The zero-order valence-electron chi connectivity index (χ0n) is 7.63. The van der Waals surface area contributed by atoms with Crippen LogP contribution in [0.4, 0.5) is 0 Å². The molecule has 1 unspecified atom stereocenters. The van der Waals surface area contributed by atoms with Crippen molar-refractivity contribution in [1.29, 1.82) is 0 Å². The number of aryl methyl sites for hydroxylation is 1. The first kappa shape index (κ1) is 8.97.